The van der Waals surface area contributed by atoms with Gasteiger partial charge in [-0.25, -0.2) is 4.99 Å². The van der Waals surface area contributed by atoms with Crippen molar-refractivity contribution in [3.63, 3.8) is 0 Å². The third-order valence-corrected chi connectivity index (χ3v) is 4.11. The number of aliphatic imine (C=N–C) groups is 1. The van der Waals surface area contributed by atoms with Crippen LogP contribution >= 0.6 is 24.0 Å². The van der Waals surface area contributed by atoms with Crippen LogP contribution in [0, 0.1) is 0 Å². The molecule has 9 heteroatoms. The molecule has 0 radical (unpaired) electrons. The highest BCUT2D eigenvalue weighted by Gasteiger charge is 2.09. The number of hydrogen-bond donors (Lipinski definition) is 2. The van der Waals surface area contributed by atoms with Crippen LogP contribution in [0.25, 0.3) is 0 Å². The van der Waals surface area contributed by atoms with Crippen LogP contribution < -0.4 is 24.8 Å². The van der Waals surface area contributed by atoms with Gasteiger partial charge in [0.2, 0.25) is 0 Å². The first-order valence-electron chi connectivity index (χ1n) is 9.33. The Morgan fingerprint density at radius 2 is 1.77 bits per heavy atom. The molecule has 2 rings (SSSR count). The first-order chi connectivity index (χ1) is 14.1. The van der Waals surface area contributed by atoms with Crippen molar-refractivity contribution < 1.29 is 23.0 Å². The predicted molar refractivity (Wildman–Crippen MR) is 125 cm³/mol. The number of benzene rings is 2. The summed E-state index contributed by atoms with van der Waals surface area (Å²) in [6.07, 6.45) is 0.690. The van der Waals surface area contributed by atoms with Crippen molar-refractivity contribution in [3.8, 4) is 17.2 Å². The van der Waals surface area contributed by atoms with Crippen LogP contribution in [0.5, 0.6) is 17.2 Å². The van der Waals surface area contributed by atoms with Gasteiger partial charge in [0.25, 0.3) is 0 Å². The molecule has 0 bridgehead atoms. The molecule has 0 saturated heterocycles. The van der Waals surface area contributed by atoms with Gasteiger partial charge >= 0.3 is 6.61 Å². The molecule has 0 aliphatic heterocycles. The molecule has 0 aromatic heterocycles. The van der Waals surface area contributed by atoms with E-state index in [1.165, 1.54) is 6.07 Å². The highest BCUT2D eigenvalue weighted by Crippen LogP contribution is 2.24. The number of alkyl halides is 2. The second-order valence-corrected chi connectivity index (χ2v) is 6.04. The van der Waals surface area contributed by atoms with Crippen molar-refractivity contribution >= 4 is 29.9 Å². The first kappa shape index (κ1) is 25.7. The molecule has 2 N–H and O–H groups in total. The lowest BCUT2D eigenvalue weighted by Crippen LogP contribution is -2.38. The summed E-state index contributed by atoms with van der Waals surface area (Å²) in [6, 6.07) is 12.3. The van der Waals surface area contributed by atoms with Gasteiger partial charge in [0.15, 0.2) is 5.96 Å². The number of methoxy groups -OCH3 is 2. The monoisotopic (exact) mass is 535 g/mol. The third-order valence-electron chi connectivity index (χ3n) is 4.11. The van der Waals surface area contributed by atoms with Gasteiger partial charge in [0.1, 0.15) is 17.2 Å². The Bertz CT molecular complexity index is 807. The summed E-state index contributed by atoms with van der Waals surface area (Å²) in [5.74, 6) is 2.26. The van der Waals surface area contributed by atoms with E-state index in [-0.39, 0.29) is 36.3 Å². The van der Waals surface area contributed by atoms with Crippen molar-refractivity contribution in [2.75, 3.05) is 27.3 Å². The SMILES string of the molecule is CCNC(=NCc1ccccc1OC(F)F)NCCc1cc(OC)ccc1OC.I. The molecule has 0 saturated carbocycles. The zero-order valence-corrected chi connectivity index (χ0v) is 19.6. The van der Waals surface area contributed by atoms with Crippen LogP contribution in [0.4, 0.5) is 8.78 Å². The Hall–Kier alpha value is -2.30. The highest BCUT2D eigenvalue weighted by atomic mass is 127. The fraction of sp³-hybridized carbons (Fsp3) is 0.381. The Morgan fingerprint density at radius 1 is 1.00 bits per heavy atom. The summed E-state index contributed by atoms with van der Waals surface area (Å²) >= 11 is 0. The van der Waals surface area contributed by atoms with Crippen molar-refractivity contribution in [2.45, 2.75) is 26.5 Å². The summed E-state index contributed by atoms with van der Waals surface area (Å²) in [7, 11) is 3.25. The van der Waals surface area contributed by atoms with E-state index in [1.54, 1.807) is 32.4 Å². The Balaban J connectivity index is 0.00000450. The Kier molecular flexibility index (Phi) is 11.9. The zero-order valence-electron chi connectivity index (χ0n) is 17.3. The van der Waals surface area contributed by atoms with Crippen molar-refractivity contribution in [2.24, 2.45) is 4.99 Å². The van der Waals surface area contributed by atoms with Gasteiger partial charge < -0.3 is 24.8 Å². The number of halogens is 3. The molecule has 0 unspecified atom stereocenters. The molecule has 2 aromatic rings. The fourth-order valence-electron chi connectivity index (χ4n) is 2.74. The fourth-order valence-corrected chi connectivity index (χ4v) is 2.74. The number of hydrogen-bond acceptors (Lipinski definition) is 4. The molecule has 0 spiro atoms. The molecule has 0 atom stereocenters. The maximum absolute atomic E-state index is 12.6. The summed E-state index contributed by atoms with van der Waals surface area (Å²) in [5, 5.41) is 6.39. The zero-order chi connectivity index (χ0) is 21.1. The normalized spacial score (nSPS) is 10.9. The van der Waals surface area contributed by atoms with E-state index in [0.29, 0.717) is 31.0 Å². The molecule has 0 heterocycles. The number of ether oxygens (including phenoxy) is 3. The second-order valence-electron chi connectivity index (χ2n) is 6.04. The molecular formula is C21H28F2IN3O3. The maximum Gasteiger partial charge on any atom is 0.387 e. The van der Waals surface area contributed by atoms with Crippen molar-refractivity contribution in [3.05, 3.63) is 53.6 Å². The molecule has 0 aliphatic rings. The Labute approximate surface area is 193 Å². The van der Waals surface area contributed by atoms with E-state index >= 15 is 0 Å². The van der Waals surface area contributed by atoms with E-state index in [2.05, 4.69) is 20.4 Å². The quantitative estimate of drug-likeness (QED) is 0.271. The van der Waals surface area contributed by atoms with E-state index in [0.717, 1.165) is 17.1 Å². The lowest BCUT2D eigenvalue weighted by molar-refractivity contribution is -0.0504. The number of nitrogens with one attached hydrogen (secondary N) is 2. The molecule has 30 heavy (non-hydrogen) atoms. The molecule has 6 nitrogen and oxygen atoms in total. The van der Waals surface area contributed by atoms with Gasteiger partial charge in [-0.05, 0) is 43.2 Å². The average molecular weight is 535 g/mol. The lowest BCUT2D eigenvalue weighted by Gasteiger charge is -2.14. The van der Waals surface area contributed by atoms with Crippen molar-refractivity contribution in [1.82, 2.24) is 10.6 Å². The average Bonchev–Trinajstić information content (AvgIpc) is 2.72. The lowest BCUT2D eigenvalue weighted by atomic mass is 10.1. The summed E-state index contributed by atoms with van der Waals surface area (Å²) < 4.78 is 40.3. The van der Waals surface area contributed by atoms with E-state index < -0.39 is 6.61 Å². The smallest absolute Gasteiger partial charge is 0.387 e. The molecule has 0 amide bonds. The standard InChI is InChI=1S/C21H27F2N3O3.HI/c1-4-24-21(26-14-16-7-5-6-8-19(16)29-20(22)23)25-12-11-15-13-17(27-2)9-10-18(15)28-3;/h5-10,13,20H,4,11-12,14H2,1-3H3,(H2,24,25,26);1H. The van der Waals surface area contributed by atoms with E-state index in [4.69, 9.17) is 9.47 Å². The maximum atomic E-state index is 12.6. The summed E-state index contributed by atoms with van der Waals surface area (Å²) in [6.45, 7) is 0.564. The van der Waals surface area contributed by atoms with Crippen LogP contribution in [0.2, 0.25) is 0 Å². The van der Waals surface area contributed by atoms with Crippen LogP contribution in [-0.2, 0) is 13.0 Å². The minimum atomic E-state index is -2.87. The largest absolute Gasteiger partial charge is 0.497 e. The number of para-hydroxylation sites is 1. The predicted octanol–water partition coefficient (Wildman–Crippen LogP) is 4.22. The van der Waals surface area contributed by atoms with E-state index in [1.807, 2.05) is 25.1 Å². The van der Waals surface area contributed by atoms with Gasteiger partial charge in [-0.2, -0.15) is 8.78 Å². The molecule has 0 fully saturated rings. The third kappa shape index (κ3) is 8.21. The minimum absolute atomic E-state index is 0. The number of nitrogens with zero attached hydrogens (tertiary/aromatic N) is 1. The van der Waals surface area contributed by atoms with Crippen molar-refractivity contribution in [1.29, 1.82) is 0 Å². The van der Waals surface area contributed by atoms with Crippen LogP contribution in [0.3, 0.4) is 0 Å². The van der Waals surface area contributed by atoms with Gasteiger partial charge in [0.05, 0.1) is 20.8 Å². The van der Waals surface area contributed by atoms with Gasteiger partial charge in [-0.1, -0.05) is 18.2 Å². The summed E-state index contributed by atoms with van der Waals surface area (Å²) in [5.41, 5.74) is 1.59. The first-order valence-corrected chi connectivity index (χ1v) is 9.33. The van der Waals surface area contributed by atoms with Crippen LogP contribution in [0.15, 0.2) is 47.5 Å². The van der Waals surface area contributed by atoms with E-state index in [9.17, 15) is 8.78 Å². The molecular weight excluding hydrogens is 507 g/mol. The molecule has 0 aliphatic carbocycles. The minimum Gasteiger partial charge on any atom is -0.497 e. The molecule has 2 aromatic carbocycles. The topological polar surface area (TPSA) is 64.1 Å². The number of guanidine groups is 1. The molecule has 166 valence electrons. The van der Waals surface area contributed by atoms with Gasteiger partial charge in [0, 0.05) is 18.7 Å². The van der Waals surface area contributed by atoms with Gasteiger partial charge in [-0.15, -0.1) is 24.0 Å². The second kappa shape index (κ2) is 13.8. The van der Waals surface area contributed by atoms with Crippen LogP contribution in [0.1, 0.15) is 18.1 Å². The number of rotatable bonds is 10. The van der Waals surface area contributed by atoms with Crippen LogP contribution in [-0.4, -0.2) is 39.9 Å². The Morgan fingerprint density at radius 3 is 2.43 bits per heavy atom. The highest BCUT2D eigenvalue weighted by molar-refractivity contribution is 14.0. The summed E-state index contributed by atoms with van der Waals surface area (Å²) in [4.78, 5) is 4.47. The van der Waals surface area contributed by atoms with Gasteiger partial charge in [-0.3, -0.25) is 0 Å².